The van der Waals surface area contributed by atoms with Crippen LogP contribution < -0.4 is 0 Å². The number of hydrogen-bond acceptors (Lipinski definition) is 8. The summed E-state index contributed by atoms with van der Waals surface area (Å²) < 4.78 is 0. The van der Waals surface area contributed by atoms with Crippen LogP contribution in [0.25, 0.3) is 0 Å². The molecule has 0 heterocycles. The van der Waals surface area contributed by atoms with E-state index in [4.69, 9.17) is 0 Å². The van der Waals surface area contributed by atoms with Crippen LogP contribution in [0.3, 0.4) is 0 Å². The van der Waals surface area contributed by atoms with E-state index in [9.17, 15) is 38.4 Å². The van der Waals surface area contributed by atoms with Crippen molar-refractivity contribution in [3.05, 3.63) is 0 Å². The summed E-state index contributed by atoms with van der Waals surface area (Å²) >= 11 is 0. The molecule has 176 valence electrons. The number of carbonyl (C=O) groups excluding carboxylic acids is 8. The lowest BCUT2D eigenvalue weighted by Gasteiger charge is -2.04. The van der Waals surface area contributed by atoms with Gasteiger partial charge in [-0.3, -0.25) is 38.4 Å². The van der Waals surface area contributed by atoms with Gasteiger partial charge in [-0.2, -0.15) is 0 Å². The van der Waals surface area contributed by atoms with Crippen LogP contribution in [0.1, 0.15) is 103 Å². The van der Waals surface area contributed by atoms with Crippen molar-refractivity contribution >= 4 is 46.3 Å². The molecule has 1 saturated carbocycles. The Balaban J connectivity index is 2.59. The van der Waals surface area contributed by atoms with Crippen LogP contribution in [0.2, 0.25) is 0 Å². The fraction of sp³-hybridized carbons (Fsp3) is 0.667. The Morgan fingerprint density at radius 2 is 0.250 bits per heavy atom. The smallest absolute Gasteiger partial charge is 0.133 e. The van der Waals surface area contributed by atoms with Crippen LogP contribution in [-0.4, -0.2) is 46.3 Å². The molecule has 0 amide bonds. The monoisotopic (exact) mass is 448 g/mol. The summed E-state index contributed by atoms with van der Waals surface area (Å²) in [6, 6.07) is 0. The molecule has 0 spiro atoms. The van der Waals surface area contributed by atoms with Gasteiger partial charge in [-0.05, 0) is 0 Å². The fourth-order valence-corrected chi connectivity index (χ4v) is 3.23. The maximum atomic E-state index is 11.9. The molecule has 1 aliphatic carbocycles. The minimum atomic E-state index is -0.218. The van der Waals surface area contributed by atoms with Crippen LogP contribution >= 0.6 is 0 Å². The predicted molar refractivity (Wildman–Crippen MR) is 114 cm³/mol. The Morgan fingerprint density at radius 3 is 0.312 bits per heavy atom. The molecule has 1 rings (SSSR count). The van der Waals surface area contributed by atoms with E-state index in [1.807, 2.05) is 0 Å². The molecule has 0 aromatic rings. The first-order valence-corrected chi connectivity index (χ1v) is 11.3. The largest absolute Gasteiger partial charge is 0.300 e. The van der Waals surface area contributed by atoms with Crippen molar-refractivity contribution in [3.63, 3.8) is 0 Å². The molecule has 0 N–H and O–H groups in total. The van der Waals surface area contributed by atoms with Gasteiger partial charge in [0.25, 0.3) is 0 Å². The van der Waals surface area contributed by atoms with Crippen molar-refractivity contribution < 1.29 is 38.4 Å². The minimum absolute atomic E-state index is 0.00780. The van der Waals surface area contributed by atoms with Gasteiger partial charge in [-0.1, -0.05) is 0 Å². The van der Waals surface area contributed by atoms with E-state index in [1.54, 1.807) is 0 Å². The maximum absolute atomic E-state index is 11.9. The normalized spacial score (nSPS) is 21.5. The number of rotatable bonds is 0. The Labute approximate surface area is 187 Å². The minimum Gasteiger partial charge on any atom is -0.300 e. The lowest BCUT2D eigenvalue weighted by molar-refractivity contribution is -0.128. The molecule has 1 fully saturated rings. The summed E-state index contributed by atoms with van der Waals surface area (Å²) in [5.41, 5.74) is 0. The van der Waals surface area contributed by atoms with Crippen molar-refractivity contribution in [2.24, 2.45) is 0 Å². The van der Waals surface area contributed by atoms with Crippen molar-refractivity contribution in [2.45, 2.75) is 103 Å². The van der Waals surface area contributed by atoms with Gasteiger partial charge >= 0.3 is 0 Å². The van der Waals surface area contributed by atoms with E-state index in [2.05, 4.69) is 0 Å². The van der Waals surface area contributed by atoms with E-state index in [0.717, 1.165) is 0 Å². The van der Waals surface area contributed by atoms with Gasteiger partial charge in [-0.15, -0.1) is 0 Å². The zero-order valence-electron chi connectivity index (χ0n) is 18.6. The van der Waals surface area contributed by atoms with Gasteiger partial charge in [0, 0.05) is 103 Å². The topological polar surface area (TPSA) is 137 Å². The first kappa shape index (κ1) is 27.4. The summed E-state index contributed by atoms with van der Waals surface area (Å²) in [5, 5.41) is 0. The average molecular weight is 449 g/mol. The quantitative estimate of drug-likeness (QED) is 0.552. The molecule has 32 heavy (non-hydrogen) atoms. The van der Waals surface area contributed by atoms with Crippen LogP contribution in [0.4, 0.5) is 0 Å². The molecule has 1 aliphatic rings. The lowest BCUT2D eigenvalue weighted by atomic mass is 9.98. The van der Waals surface area contributed by atoms with Crippen molar-refractivity contribution in [1.82, 2.24) is 0 Å². The molecule has 0 atom stereocenters. The Hall–Kier alpha value is -2.64. The number of hydrogen-bond donors (Lipinski definition) is 0. The third-order valence-electron chi connectivity index (χ3n) is 5.46. The first-order chi connectivity index (χ1) is 15.2. The molecule has 0 aliphatic heterocycles. The second-order valence-electron chi connectivity index (χ2n) is 8.31. The third kappa shape index (κ3) is 13.6. The zero-order valence-corrected chi connectivity index (χ0v) is 18.6. The first-order valence-electron chi connectivity index (χ1n) is 11.3. The van der Waals surface area contributed by atoms with Gasteiger partial charge in [-0.25, -0.2) is 0 Å². The van der Waals surface area contributed by atoms with Gasteiger partial charge in [0.05, 0.1) is 0 Å². The highest BCUT2D eigenvalue weighted by atomic mass is 16.2. The SMILES string of the molecule is O=C1CCC(=O)CCC(=O)CCC(=O)CCC(=O)CCC(=O)CCC(=O)CCC(=O)CC1. The molecule has 0 bridgehead atoms. The standard InChI is InChI=1S/C24H32O8/c25-17-1-2-18(26)5-6-20(28)9-10-22(30)13-14-24(32)16-15-23(31)12-11-21(29)8-7-19(27)4-3-17/h1-16H2. The molecule has 8 nitrogen and oxygen atoms in total. The molecule has 0 aromatic heterocycles. The molecule has 8 heteroatoms. The summed E-state index contributed by atoms with van der Waals surface area (Å²) in [6.45, 7) is 0. The van der Waals surface area contributed by atoms with E-state index < -0.39 is 0 Å². The van der Waals surface area contributed by atoms with E-state index in [-0.39, 0.29) is 149 Å². The maximum Gasteiger partial charge on any atom is 0.133 e. The summed E-state index contributed by atoms with van der Waals surface area (Å²) in [7, 11) is 0. The second kappa shape index (κ2) is 15.2. The third-order valence-corrected chi connectivity index (χ3v) is 5.46. The van der Waals surface area contributed by atoms with Crippen LogP contribution in [-0.2, 0) is 38.4 Å². The van der Waals surface area contributed by atoms with Crippen molar-refractivity contribution in [3.8, 4) is 0 Å². The Bertz CT molecular complexity index is 522. The molecule has 0 radical (unpaired) electrons. The van der Waals surface area contributed by atoms with Gasteiger partial charge in [0.1, 0.15) is 46.3 Å². The Kier molecular flexibility index (Phi) is 13.0. The summed E-state index contributed by atoms with van der Waals surface area (Å²) in [5.74, 6) is -1.74. The lowest BCUT2D eigenvalue weighted by Crippen LogP contribution is -2.12. The fourth-order valence-electron chi connectivity index (χ4n) is 3.23. The van der Waals surface area contributed by atoms with Crippen LogP contribution in [0.15, 0.2) is 0 Å². The second-order valence-corrected chi connectivity index (χ2v) is 8.31. The van der Waals surface area contributed by atoms with Crippen LogP contribution in [0.5, 0.6) is 0 Å². The molecule has 0 unspecified atom stereocenters. The van der Waals surface area contributed by atoms with Gasteiger partial charge in [0.2, 0.25) is 0 Å². The highest BCUT2D eigenvalue weighted by Crippen LogP contribution is 2.11. The number of ketones is 8. The zero-order chi connectivity index (χ0) is 23.9. The van der Waals surface area contributed by atoms with Crippen molar-refractivity contribution in [2.75, 3.05) is 0 Å². The van der Waals surface area contributed by atoms with Crippen LogP contribution in [0, 0.1) is 0 Å². The van der Waals surface area contributed by atoms with E-state index >= 15 is 0 Å². The molecular formula is C24H32O8. The highest BCUT2D eigenvalue weighted by Gasteiger charge is 2.15. The predicted octanol–water partition coefficient (Wildman–Crippen LogP) is 2.79. The van der Waals surface area contributed by atoms with Gasteiger partial charge in [0.15, 0.2) is 0 Å². The summed E-state index contributed by atoms with van der Waals surface area (Å²) in [4.78, 5) is 95.0. The molecule has 0 saturated heterocycles. The van der Waals surface area contributed by atoms with Crippen molar-refractivity contribution in [1.29, 1.82) is 0 Å². The van der Waals surface area contributed by atoms with E-state index in [0.29, 0.717) is 0 Å². The summed E-state index contributed by atoms with van der Waals surface area (Å²) in [6.07, 6.45) is 0.125. The Morgan fingerprint density at radius 1 is 0.188 bits per heavy atom. The average Bonchev–Trinajstić information content (AvgIpc) is 2.77. The van der Waals surface area contributed by atoms with Gasteiger partial charge < -0.3 is 0 Å². The highest BCUT2D eigenvalue weighted by molar-refractivity contribution is 5.94. The number of carbonyl (C=O) groups is 8. The number of Topliss-reactive ketones (excluding diaryl/α,β-unsaturated/α-hetero) is 8. The molecule has 0 aromatic carbocycles. The molecular weight excluding hydrogens is 416 g/mol. The van der Waals surface area contributed by atoms with E-state index in [1.165, 1.54) is 0 Å².